The van der Waals surface area contributed by atoms with Crippen molar-refractivity contribution in [2.75, 3.05) is 39.8 Å². The molecule has 0 aromatic heterocycles. The molecule has 1 aliphatic rings. The quantitative estimate of drug-likeness (QED) is 0.655. The molecule has 0 unspecified atom stereocenters. The lowest BCUT2D eigenvalue weighted by Gasteiger charge is -2.36. The predicted octanol–water partition coefficient (Wildman–Crippen LogP) is 1.46. The molecule has 0 spiro atoms. The third-order valence-corrected chi connectivity index (χ3v) is 4.10. The number of amides is 1. The number of ether oxygens (including phenoxy) is 1. The number of nitrogens with one attached hydrogen (secondary N) is 1. The fraction of sp³-hybridized carbons (Fsp3) is 0.556. The largest absolute Gasteiger partial charge is 0.380 e. The van der Waals surface area contributed by atoms with Crippen molar-refractivity contribution in [2.24, 2.45) is 4.99 Å². The Bertz CT molecular complexity index is 549. The van der Waals surface area contributed by atoms with Crippen molar-refractivity contribution in [3.8, 4) is 0 Å². The number of hydrogen-bond donors (Lipinski definition) is 1. The summed E-state index contributed by atoms with van der Waals surface area (Å²) in [7, 11) is 1.70. The van der Waals surface area contributed by atoms with Crippen LogP contribution in [0.25, 0.3) is 0 Å². The number of carbonyl (C=O) groups is 1. The summed E-state index contributed by atoms with van der Waals surface area (Å²) >= 11 is 0. The van der Waals surface area contributed by atoms with E-state index in [1.807, 2.05) is 4.90 Å². The van der Waals surface area contributed by atoms with Crippen molar-refractivity contribution in [2.45, 2.75) is 27.0 Å². The van der Waals surface area contributed by atoms with E-state index in [0.717, 1.165) is 44.2 Å². The Morgan fingerprint density at radius 1 is 1.12 bits per heavy atom. The van der Waals surface area contributed by atoms with Gasteiger partial charge in [-0.3, -0.25) is 4.79 Å². The molecular weight excluding hydrogens is 304 g/mol. The standard InChI is InChI=1S/C18H28N4O2/c1-4-19-18(22-11-9-21(10-12-22)15(2)23)20-13-16-5-7-17(8-6-16)14-24-3/h5-8H,4,9-14H2,1-3H3,(H,19,20). The number of carbonyl (C=O) groups excluding carboxylic acids is 1. The number of methoxy groups -OCH3 is 1. The van der Waals surface area contributed by atoms with Gasteiger partial charge in [0.05, 0.1) is 13.2 Å². The van der Waals surface area contributed by atoms with E-state index in [1.165, 1.54) is 5.56 Å². The van der Waals surface area contributed by atoms with Crippen LogP contribution in [0.4, 0.5) is 0 Å². The summed E-state index contributed by atoms with van der Waals surface area (Å²) in [5, 5.41) is 3.35. The minimum Gasteiger partial charge on any atom is -0.380 e. The van der Waals surface area contributed by atoms with Gasteiger partial charge >= 0.3 is 0 Å². The zero-order chi connectivity index (χ0) is 17.4. The first kappa shape index (κ1) is 18.3. The van der Waals surface area contributed by atoms with E-state index in [1.54, 1.807) is 14.0 Å². The normalized spacial score (nSPS) is 15.5. The Kier molecular flexibility index (Phi) is 7.06. The fourth-order valence-corrected chi connectivity index (χ4v) is 2.73. The topological polar surface area (TPSA) is 57.2 Å². The highest BCUT2D eigenvalue weighted by molar-refractivity contribution is 5.80. The van der Waals surface area contributed by atoms with Gasteiger partial charge in [0, 0.05) is 46.8 Å². The van der Waals surface area contributed by atoms with E-state index in [9.17, 15) is 4.79 Å². The second-order valence-corrected chi connectivity index (χ2v) is 5.91. The molecule has 132 valence electrons. The maximum Gasteiger partial charge on any atom is 0.219 e. The molecule has 1 aromatic carbocycles. The monoisotopic (exact) mass is 332 g/mol. The van der Waals surface area contributed by atoms with Gasteiger partial charge in [0.1, 0.15) is 0 Å². The molecule has 1 aromatic rings. The average molecular weight is 332 g/mol. The van der Waals surface area contributed by atoms with E-state index in [4.69, 9.17) is 9.73 Å². The lowest BCUT2D eigenvalue weighted by Crippen LogP contribution is -2.53. The van der Waals surface area contributed by atoms with Crippen molar-refractivity contribution in [1.29, 1.82) is 0 Å². The number of benzene rings is 1. The Morgan fingerprint density at radius 2 is 1.71 bits per heavy atom. The van der Waals surface area contributed by atoms with Crippen LogP contribution in [-0.2, 0) is 22.7 Å². The molecule has 1 amide bonds. The number of aliphatic imine (C=N–C) groups is 1. The van der Waals surface area contributed by atoms with E-state index < -0.39 is 0 Å². The maximum absolute atomic E-state index is 11.4. The second kappa shape index (κ2) is 9.27. The first-order chi connectivity index (χ1) is 11.6. The van der Waals surface area contributed by atoms with E-state index in [0.29, 0.717) is 13.2 Å². The molecular formula is C18H28N4O2. The zero-order valence-electron chi connectivity index (χ0n) is 14.9. The van der Waals surface area contributed by atoms with Gasteiger partial charge in [0.25, 0.3) is 0 Å². The smallest absolute Gasteiger partial charge is 0.219 e. The molecule has 1 N–H and O–H groups in total. The Labute approximate surface area is 144 Å². The van der Waals surface area contributed by atoms with Gasteiger partial charge in [-0.05, 0) is 18.1 Å². The van der Waals surface area contributed by atoms with Crippen LogP contribution in [0.15, 0.2) is 29.3 Å². The van der Waals surface area contributed by atoms with Crippen molar-refractivity contribution in [3.05, 3.63) is 35.4 Å². The summed E-state index contributed by atoms with van der Waals surface area (Å²) in [6.07, 6.45) is 0. The first-order valence-corrected chi connectivity index (χ1v) is 8.49. The zero-order valence-corrected chi connectivity index (χ0v) is 14.9. The van der Waals surface area contributed by atoms with Crippen molar-refractivity contribution >= 4 is 11.9 Å². The van der Waals surface area contributed by atoms with Crippen LogP contribution < -0.4 is 5.32 Å². The molecule has 1 fully saturated rings. The molecule has 0 aliphatic carbocycles. The predicted molar refractivity (Wildman–Crippen MR) is 95.8 cm³/mol. The molecule has 2 rings (SSSR count). The molecule has 0 atom stereocenters. The maximum atomic E-state index is 11.4. The lowest BCUT2D eigenvalue weighted by atomic mass is 10.1. The van der Waals surface area contributed by atoms with Gasteiger partial charge in [-0.2, -0.15) is 0 Å². The van der Waals surface area contributed by atoms with Crippen LogP contribution in [-0.4, -0.2) is 61.5 Å². The summed E-state index contributed by atoms with van der Waals surface area (Å²) in [6.45, 7) is 8.95. The van der Waals surface area contributed by atoms with Gasteiger partial charge in [0.2, 0.25) is 5.91 Å². The number of nitrogens with zero attached hydrogens (tertiary/aromatic N) is 3. The first-order valence-electron chi connectivity index (χ1n) is 8.49. The molecule has 1 saturated heterocycles. The average Bonchev–Trinajstić information content (AvgIpc) is 2.60. The van der Waals surface area contributed by atoms with Crippen molar-refractivity contribution < 1.29 is 9.53 Å². The fourth-order valence-electron chi connectivity index (χ4n) is 2.73. The van der Waals surface area contributed by atoms with E-state index in [-0.39, 0.29) is 5.91 Å². The van der Waals surface area contributed by atoms with Crippen LogP contribution in [0.3, 0.4) is 0 Å². The third-order valence-electron chi connectivity index (χ3n) is 4.10. The van der Waals surface area contributed by atoms with Gasteiger partial charge in [0.15, 0.2) is 5.96 Å². The minimum atomic E-state index is 0.146. The number of hydrogen-bond acceptors (Lipinski definition) is 3. The lowest BCUT2D eigenvalue weighted by molar-refractivity contribution is -0.130. The number of piperazine rings is 1. The molecule has 6 heteroatoms. The van der Waals surface area contributed by atoms with Crippen LogP contribution in [0, 0.1) is 0 Å². The number of rotatable bonds is 5. The van der Waals surface area contributed by atoms with Crippen LogP contribution >= 0.6 is 0 Å². The van der Waals surface area contributed by atoms with Crippen molar-refractivity contribution in [1.82, 2.24) is 15.1 Å². The number of guanidine groups is 1. The van der Waals surface area contributed by atoms with E-state index >= 15 is 0 Å². The molecule has 0 bridgehead atoms. The second-order valence-electron chi connectivity index (χ2n) is 5.91. The molecule has 6 nitrogen and oxygen atoms in total. The Hall–Kier alpha value is -2.08. The van der Waals surface area contributed by atoms with Gasteiger partial charge in [-0.25, -0.2) is 4.99 Å². The molecule has 0 radical (unpaired) electrons. The summed E-state index contributed by atoms with van der Waals surface area (Å²) in [5.41, 5.74) is 2.34. The highest BCUT2D eigenvalue weighted by Gasteiger charge is 2.20. The highest BCUT2D eigenvalue weighted by atomic mass is 16.5. The highest BCUT2D eigenvalue weighted by Crippen LogP contribution is 2.08. The van der Waals surface area contributed by atoms with Gasteiger partial charge in [-0.1, -0.05) is 24.3 Å². The minimum absolute atomic E-state index is 0.146. The van der Waals surface area contributed by atoms with Crippen LogP contribution in [0.1, 0.15) is 25.0 Å². The molecule has 1 aliphatic heterocycles. The summed E-state index contributed by atoms with van der Waals surface area (Å²) in [5.74, 6) is 1.06. The van der Waals surface area contributed by atoms with Gasteiger partial charge in [-0.15, -0.1) is 0 Å². The SMILES string of the molecule is CCNC(=NCc1ccc(COC)cc1)N1CCN(C(C)=O)CC1. The summed E-state index contributed by atoms with van der Waals surface area (Å²) in [6, 6.07) is 8.34. The summed E-state index contributed by atoms with van der Waals surface area (Å²) in [4.78, 5) is 20.3. The summed E-state index contributed by atoms with van der Waals surface area (Å²) < 4.78 is 5.13. The molecule has 1 heterocycles. The van der Waals surface area contributed by atoms with Crippen LogP contribution in [0.5, 0.6) is 0 Å². The molecule has 0 saturated carbocycles. The Morgan fingerprint density at radius 3 is 2.25 bits per heavy atom. The van der Waals surface area contributed by atoms with Crippen LogP contribution in [0.2, 0.25) is 0 Å². The Balaban J connectivity index is 1.96. The van der Waals surface area contributed by atoms with E-state index in [2.05, 4.69) is 41.4 Å². The van der Waals surface area contributed by atoms with Crippen molar-refractivity contribution in [3.63, 3.8) is 0 Å². The van der Waals surface area contributed by atoms with Gasteiger partial charge < -0.3 is 19.9 Å². The third kappa shape index (κ3) is 5.23. The molecule has 24 heavy (non-hydrogen) atoms.